The standard InChI is InChI=1S/C21H26BrFN2O/c1-25(2)12-15-8-9-16-19(13-6-4-3-5-7-13)24-20-17(21(16)26-15)10-14(22)11-18(20)23/h3-6,10-11,13,15-16,19,21,24H,7-9,12H2,1-2H3/t13?,15-,16+,19+,21+/m1/s1. The molecule has 140 valence electrons. The van der Waals surface area contributed by atoms with E-state index < -0.39 is 0 Å². The van der Waals surface area contributed by atoms with Crippen LogP contribution in [0.4, 0.5) is 10.1 Å². The molecule has 1 N–H and O–H groups in total. The van der Waals surface area contributed by atoms with Crippen LogP contribution in [0.25, 0.3) is 0 Å². The van der Waals surface area contributed by atoms with Crippen LogP contribution in [-0.2, 0) is 4.74 Å². The maximum atomic E-state index is 14.8. The average molecular weight is 421 g/mol. The molecule has 0 aromatic heterocycles. The zero-order chi connectivity index (χ0) is 18.3. The van der Waals surface area contributed by atoms with Crippen LogP contribution in [0.15, 0.2) is 40.9 Å². The first kappa shape index (κ1) is 18.2. The van der Waals surface area contributed by atoms with Gasteiger partial charge in [-0.2, -0.15) is 0 Å². The van der Waals surface area contributed by atoms with E-state index in [2.05, 4.69) is 64.5 Å². The molecule has 3 aliphatic rings. The summed E-state index contributed by atoms with van der Waals surface area (Å²) in [5, 5.41) is 3.55. The fourth-order valence-corrected chi connectivity index (χ4v) is 5.10. The van der Waals surface area contributed by atoms with Gasteiger partial charge in [0.1, 0.15) is 5.82 Å². The summed E-state index contributed by atoms with van der Waals surface area (Å²) >= 11 is 3.45. The van der Waals surface area contributed by atoms with E-state index in [1.807, 2.05) is 6.07 Å². The molecule has 5 atom stereocenters. The van der Waals surface area contributed by atoms with Crippen LogP contribution in [0.2, 0.25) is 0 Å². The molecule has 1 saturated heterocycles. The van der Waals surface area contributed by atoms with Crippen molar-refractivity contribution in [3.05, 3.63) is 52.3 Å². The number of anilines is 1. The van der Waals surface area contributed by atoms with Crippen LogP contribution in [-0.4, -0.2) is 37.7 Å². The Bertz CT molecular complexity index is 733. The number of likely N-dealkylation sites (N-methyl/N-ethyl adjacent to an activating group) is 1. The molecule has 1 unspecified atom stereocenters. The van der Waals surface area contributed by atoms with Gasteiger partial charge in [0.15, 0.2) is 0 Å². The molecule has 3 nitrogen and oxygen atoms in total. The molecule has 1 aromatic carbocycles. The lowest BCUT2D eigenvalue weighted by Gasteiger charge is -2.48. The highest BCUT2D eigenvalue weighted by molar-refractivity contribution is 9.10. The van der Waals surface area contributed by atoms with E-state index in [1.165, 1.54) is 0 Å². The summed E-state index contributed by atoms with van der Waals surface area (Å²) in [4.78, 5) is 2.17. The monoisotopic (exact) mass is 420 g/mol. The van der Waals surface area contributed by atoms with Gasteiger partial charge in [-0.1, -0.05) is 40.2 Å². The number of nitrogens with zero attached hydrogens (tertiary/aromatic N) is 1. The number of allylic oxidation sites excluding steroid dienone is 3. The molecule has 0 radical (unpaired) electrons. The number of nitrogens with one attached hydrogen (secondary N) is 1. The Balaban J connectivity index is 1.69. The number of benzene rings is 1. The van der Waals surface area contributed by atoms with Gasteiger partial charge in [-0.3, -0.25) is 0 Å². The lowest BCUT2D eigenvalue weighted by molar-refractivity contribution is -0.102. The van der Waals surface area contributed by atoms with Gasteiger partial charge in [0.05, 0.1) is 17.9 Å². The molecule has 5 heteroatoms. The van der Waals surface area contributed by atoms with Crippen LogP contribution in [0, 0.1) is 17.7 Å². The largest absolute Gasteiger partial charge is 0.379 e. The predicted octanol–water partition coefficient (Wildman–Crippen LogP) is 4.91. The first-order valence-corrected chi connectivity index (χ1v) is 10.2. The smallest absolute Gasteiger partial charge is 0.147 e. The van der Waals surface area contributed by atoms with Gasteiger partial charge >= 0.3 is 0 Å². The molecule has 0 amide bonds. The molecule has 0 bridgehead atoms. The number of rotatable bonds is 3. The van der Waals surface area contributed by atoms with E-state index in [0.29, 0.717) is 17.5 Å². The van der Waals surface area contributed by atoms with Gasteiger partial charge in [-0.15, -0.1) is 0 Å². The van der Waals surface area contributed by atoms with Crippen molar-refractivity contribution in [2.24, 2.45) is 11.8 Å². The van der Waals surface area contributed by atoms with Gasteiger partial charge in [0.2, 0.25) is 0 Å². The number of fused-ring (bicyclic) bond motifs is 3. The molecule has 26 heavy (non-hydrogen) atoms. The third-order valence-electron chi connectivity index (χ3n) is 5.76. The topological polar surface area (TPSA) is 24.5 Å². The van der Waals surface area contributed by atoms with E-state index in [1.54, 1.807) is 6.07 Å². The third kappa shape index (κ3) is 3.49. The lowest BCUT2D eigenvalue weighted by Crippen LogP contribution is -2.48. The summed E-state index contributed by atoms with van der Waals surface area (Å²) in [7, 11) is 4.15. The Morgan fingerprint density at radius 1 is 1.27 bits per heavy atom. The fraction of sp³-hybridized carbons (Fsp3) is 0.524. The average Bonchev–Trinajstić information content (AvgIpc) is 2.61. The Kier molecular flexibility index (Phi) is 5.22. The van der Waals surface area contributed by atoms with Crippen molar-refractivity contribution in [3.63, 3.8) is 0 Å². The van der Waals surface area contributed by atoms with Crippen molar-refractivity contribution in [1.29, 1.82) is 0 Å². The minimum atomic E-state index is -0.202. The lowest BCUT2D eigenvalue weighted by atomic mass is 9.73. The van der Waals surface area contributed by atoms with Crippen LogP contribution >= 0.6 is 15.9 Å². The second kappa shape index (κ2) is 7.45. The number of hydrogen-bond acceptors (Lipinski definition) is 3. The van der Waals surface area contributed by atoms with Crippen LogP contribution < -0.4 is 5.32 Å². The molecular formula is C21H26BrFN2O. The van der Waals surface area contributed by atoms with Crippen LogP contribution in [0.3, 0.4) is 0 Å². The van der Waals surface area contributed by atoms with Gasteiger partial charge < -0.3 is 15.0 Å². The molecular weight excluding hydrogens is 395 g/mol. The minimum absolute atomic E-state index is 0.0544. The van der Waals surface area contributed by atoms with Crippen molar-refractivity contribution in [1.82, 2.24) is 4.90 Å². The molecule has 0 spiro atoms. The third-order valence-corrected chi connectivity index (χ3v) is 6.22. The Labute approximate surface area is 163 Å². The summed E-state index contributed by atoms with van der Waals surface area (Å²) < 4.78 is 22.1. The van der Waals surface area contributed by atoms with Crippen molar-refractivity contribution < 1.29 is 9.13 Å². The van der Waals surface area contributed by atoms with E-state index in [4.69, 9.17) is 4.74 Å². The zero-order valence-corrected chi connectivity index (χ0v) is 16.9. The predicted molar refractivity (Wildman–Crippen MR) is 107 cm³/mol. The van der Waals surface area contributed by atoms with Crippen molar-refractivity contribution in [3.8, 4) is 0 Å². The summed E-state index contributed by atoms with van der Waals surface area (Å²) in [5.41, 5.74) is 1.57. The van der Waals surface area contributed by atoms with Gasteiger partial charge in [0, 0.05) is 34.5 Å². The molecule has 2 heterocycles. The van der Waals surface area contributed by atoms with E-state index in [9.17, 15) is 4.39 Å². The Morgan fingerprint density at radius 2 is 2.12 bits per heavy atom. The maximum Gasteiger partial charge on any atom is 0.147 e. The molecule has 2 aliphatic heterocycles. The molecule has 0 saturated carbocycles. The summed E-state index contributed by atoms with van der Waals surface area (Å²) in [6, 6.07) is 3.76. The maximum absolute atomic E-state index is 14.8. The highest BCUT2D eigenvalue weighted by Crippen LogP contribution is 2.49. The second-order valence-corrected chi connectivity index (χ2v) is 8.83. The van der Waals surface area contributed by atoms with E-state index in [0.717, 1.165) is 35.8 Å². The SMILES string of the molecule is CN(C)C[C@H]1CC[C@@H]2[C@H](O1)c1cc(Br)cc(F)c1N[C@H]2C1C=CC=CC1. The highest BCUT2D eigenvalue weighted by atomic mass is 79.9. The van der Waals surface area contributed by atoms with Gasteiger partial charge in [0.25, 0.3) is 0 Å². The second-order valence-electron chi connectivity index (χ2n) is 7.92. The van der Waals surface area contributed by atoms with Crippen molar-refractivity contribution in [2.45, 2.75) is 37.5 Å². The highest BCUT2D eigenvalue weighted by Gasteiger charge is 2.44. The van der Waals surface area contributed by atoms with E-state index >= 15 is 0 Å². The summed E-state index contributed by atoms with van der Waals surface area (Å²) in [5.74, 6) is 0.528. The Hall–Kier alpha value is -1.17. The van der Waals surface area contributed by atoms with Crippen molar-refractivity contribution in [2.75, 3.05) is 26.0 Å². The number of ether oxygens (including phenoxy) is 1. The number of hydrogen-bond donors (Lipinski definition) is 1. The van der Waals surface area contributed by atoms with Crippen LogP contribution in [0.1, 0.15) is 30.9 Å². The number of halogens is 2. The van der Waals surface area contributed by atoms with Gasteiger partial charge in [-0.25, -0.2) is 4.39 Å². The minimum Gasteiger partial charge on any atom is -0.379 e. The first-order chi connectivity index (χ1) is 12.5. The molecule has 1 aromatic rings. The molecule has 4 rings (SSSR count). The summed E-state index contributed by atoms with van der Waals surface area (Å²) in [6.07, 6.45) is 11.9. The summed E-state index contributed by atoms with van der Waals surface area (Å²) in [6.45, 7) is 0.902. The normalized spacial score (nSPS) is 32.9. The quantitative estimate of drug-likeness (QED) is 0.751. The Morgan fingerprint density at radius 3 is 2.85 bits per heavy atom. The fourth-order valence-electron chi connectivity index (χ4n) is 4.65. The van der Waals surface area contributed by atoms with Crippen molar-refractivity contribution >= 4 is 21.6 Å². The molecule has 1 fully saturated rings. The molecule has 1 aliphatic carbocycles. The van der Waals surface area contributed by atoms with Gasteiger partial charge in [-0.05, 0) is 45.5 Å². The van der Waals surface area contributed by atoms with Crippen LogP contribution in [0.5, 0.6) is 0 Å². The van der Waals surface area contributed by atoms with E-state index in [-0.39, 0.29) is 24.1 Å². The first-order valence-electron chi connectivity index (χ1n) is 9.42. The zero-order valence-electron chi connectivity index (χ0n) is 15.3.